The van der Waals surface area contributed by atoms with Crippen molar-refractivity contribution in [3.05, 3.63) is 41.6 Å². The lowest BCUT2D eigenvalue weighted by atomic mass is 10.1. The Morgan fingerprint density at radius 1 is 1.18 bits per heavy atom. The van der Waals surface area contributed by atoms with Gasteiger partial charge in [0, 0.05) is 24.7 Å². The standard InChI is InChI=1S/C17H18N4O/c1-2-13-3-5-14(6-4-13)16-11-15(12-18)19-17(20-16)21-7-9-22-10-8-21/h3-6,11H,2,7-10H2,1H3. The van der Waals surface area contributed by atoms with Gasteiger partial charge >= 0.3 is 0 Å². The van der Waals surface area contributed by atoms with Crippen molar-refractivity contribution in [1.29, 1.82) is 5.26 Å². The highest BCUT2D eigenvalue weighted by atomic mass is 16.5. The summed E-state index contributed by atoms with van der Waals surface area (Å²) in [5.41, 5.74) is 3.47. The molecule has 3 rings (SSSR count). The van der Waals surface area contributed by atoms with Crippen LogP contribution < -0.4 is 4.90 Å². The maximum Gasteiger partial charge on any atom is 0.227 e. The van der Waals surface area contributed by atoms with E-state index in [2.05, 4.69) is 40.0 Å². The Morgan fingerprint density at radius 2 is 1.91 bits per heavy atom. The molecule has 5 heteroatoms. The molecule has 0 unspecified atom stereocenters. The average molecular weight is 294 g/mol. The number of morpholine rings is 1. The first-order valence-corrected chi connectivity index (χ1v) is 7.51. The highest BCUT2D eigenvalue weighted by molar-refractivity contribution is 5.62. The van der Waals surface area contributed by atoms with Crippen LogP contribution in [0.4, 0.5) is 5.95 Å². The third-order valence-electron chi connectivity index (χ3n) is 3.78. The maximum absolute atomic E-state index is 9.23. The molecule has 1 aromatic carbocycles. The van der Waals surface area contributed by atoms with Crippen LogP contribution in [0.3, 0.4) is 0 Å². The van der Waals surface area contributed by atoms with Gasteiger partial charge in [0.25, 0.3) is 0 Å². The number of ether oxygens (including phenoxy) is 1. The summed E-state index contributed by atoms with van der Waals surface area (Å²) in [6.45, 7) is 4.97. The normalized spacial score (nSPS) is 14.6. The van der Waals surface area contributed by atoms with E-state index in [1.54, 1.807) is 6.07 Å². The second-order valence-electron chi connectivity index (χ2n) is 5.20. The molecule has 1 aliphatic heterocycles. The Morgan fingerprint density at radius 3 is 2.55 bits per heavy atom. The predicted molar refractivity (Wildman–Crippen MR) is 84.6 cm³/mol. The zero-order valence-electron chi connectivity index (χ0n) is 12.6. The minimum absolute atomic E-state index is 0.394. The molecular formula is C17H18N4O. The van der Waals surface area contributed by atoms with Crippen LogP contribution in [0.15, 0.2) is 30.3 Å². The van der Waals surface area contributed by atoms with Gasteiger partial charge in [-0.2, -0.15) is 5.26 Å². The number of aromatic nitrogens is 2. The fourth-order valence-electron chi connectivity index (χ4n) is 2.46. The lowest BCUT2D eigenvalue weighted by Crippen LogP contribution is -2.37. The number of hydrogen-bond donors (Lipinski definition) is 0. The van der Waals surface area contributed by atoms with E-state index in [0.29, 0.717) is 24.9 Å². The second-order valence-corrected chi connectivity index (χ2v) is 5.20. The Hall–Kier alpha value is -2.45. The van der Waals surface area contributed by atoms with Gasteiger partial charge in [-0.05, 0) is 12.0 Å². The molecule has 0 N–H and O–H groups in total. The van der Waals surface area contributed by atoms with Crippen molar-refractivity contribution in [3.63, 3.8) is 0 Å². The highest BCUT2D eigenvalue weighted by Gasteiger charge is 2.16. The van der Waals surface area contributed by atoms with Gasteiger partial charge in [0.1, 0.15) is 11.8 Å². The topological polar surface area (TPSA) is 62.0 Å². The summed E-state index contributed by atoms with van der Waals surface area (Å²) in [5, 5.41) is 9.23. The van der Waals surface area contributed by atoms with Crippen LogP contribution >= 0.6 is 0 Å². The Balaban J connectivity index is 1.97. The van der Waals surface area contributed by atoms with Crippen molar-refractivity contribution >= 4 is 5.95 Å². The molecule has 0 atom stereocenters. The van der Waals surface area contributed by atoms with Crippen LogP contribution in [0, 0.1) is 11.3 Å². The molecule has 0 amide bonds. The number of anilines is 1. The van der Waals surface area contributed by atoms with Crippen molar-refractivity contribution in [2.45, 2.75) is 13.3 Å². The molecule has 0 saturated carbocycles. The molecule has 1 fully saturated rings. The fourth-order valence-corrected chi connectivity index (χ4v) is 2.46. The summed E-state index contributed by atoms with van der Waals surface area (Å²) in [5.74, 6) is 0.608. The first-order chi connectivity index (χ1) is 10.8. The SMILES string of the molecule is CCc1ccc(-c2cc(C#N)nc(N3CCOCC3)n2)cc1. The number of nitriles is 1. The number of aryl methyl sites for hydroxylation is 1. The highest BCUT2D eigenvalue weighted by Crippen LogP contribution is 2.22. The molecule has 22 heavy (non-hydrogen) atoms. The number of rotatable bonds is 3. The maximum atomic E-state index is 9.23. The summed E-state index contributed by atoms with van der Waals surface area (Å²) >= 11 is 0. The molecule has 5 nitrogen and oxygen atoms in total. The molecule has 0 aliphatic carbocycles. The quantitative estimate of drug-likeness (QED) is 0.870. The second kappa shape index (κ2) is 6.54. The summed E-state index contributed by atoms with van der Waals surface area (Å²) in [7, 11) is 0. The molecule has 1 aromatic heterocycles. The van der Waals surface area contributed by atoms with Gasteiger partial charge in [-0.1, -0.05) is 31.2 Å². The molecule has 1 aliphatic rings. The van der Waals surface area contributed by atoms with E-state index >= 15 is 0 Å². The summed E-state index contributed by atoms with van der Waals surface area (Å²) in [6, 6.07) is 12.2. The van der Waals surface area contributed by atoms with Crippen molar-refractivity contribution < 1.29 is 4.74 Å². The van der Waals surface area contributed by atoms with E-state index in [1.165, 1.54) is 5.56 Å². The van der Waals surface area contributed by atoms with E-state index in [9.17, 15) is 5.26 Å². The fraction of sp³-hybridized carbons (Fsp3) is 0.353. The number of nitrogens with zero attached hydrogens (tertiary/aromatic N) is 4. The number of benzene rings is 1. The van der Waals surface area contributed by atoms with Crippen LogP contribution in [0.2, 0.25) is 0 Å². The molecule has 0 bridgehead atoms. The van der Waals surface area contributed by atoms with Gasteiger partial charge in [-0.25, -0.2) is 9.97 Å². The van der Waals surface area contributed by atoms with Crippen LogP contribution in [0.25, 0.3) is 11.3 Å². The molecule has 112 valence electrons. The Bertz CT molecular complexity index is 685. The van der Waals surface area contributed by atoms with Gasteiger partial charge in [0.15, 0.2) is 0 Å². The summed E-state index contributed by atoms with van der Waals surface area (Å²) in [6.07, 6.45) is 1.01. The minimum atomic E-state index is 0.394. The molecule has 2 aromatic rings. The zero-order valence-corrected chi connectivity index (χ0v) is 12.6. The zero-order chi connectivity index (χ0) is 15.4. The minimum Gasteiger partial charge on any atom is -0.378 e. The Kier molecular flexibility index (Phi) is 4.31. The smallest absolute Gasteiger partial charge is 0.227 e. The first-order valence-electron chi connectivity index (χ1n) is 7.51. The largest absolute Gasteiger partial charge is 0.378 e. The van der Waals surface area contributed by atoms with E-state index < -0.39 is 0 Å². The van der Waals surface area contributed by atoms with E-state index in [0.717, 1.165) is 30.8 Å². The predicted octanol–water partition coefficient (Wildman–Crippen LogP) is 2.41. The molecule has 0 spiro atoms. The molecule has 1 saturated heterocycles. The van der Waals surface area contributed by atoms with Crippen LogP contribution in [-0.4, -0.2) is 36.3 Å². The van der Waals surface area contributed by atoms with Crippen LogP contribution in [0.1, 0.15) is 18.2 Å². The van der Waals surface area contributed by atoms with E-state index in [4.69, 9.17) is 4.74 Å². The molecule has 2 heterocycles. The molecule has 0 radical (unpaired) electrons. The van der Waals surface area contributed by atoms with Crippen LogP contribution in [-0.2, 0) is 11.2 Å². The van der Waals surface area contributed by atoms with Gasteiger partial charge in [-0.3, -0.25) is 0 Å². The van der Waals surface area contributed by atoms with Gasteiger partial charge in [0.2, 0.25) is 5.95 Å². The van der Waals surface area contributed by atoms with Crippen molar-refractivity contribution in [2.75, 3.05) is 31.2 Å². The first kappa shape index (κ1) is 14.5. The van der Waals surface area contributed by atoms with Gasteiger partial charge in [0.05, 0.1) is 18.9 Å². The average Bonchev–Trinajstić information content (AvgIpc) is 2.62. The van der Waals surface area contributed by atoms with Crippen molar-refractivity contribution in [3.8, 4) is 17.3 Å². The van der Waals surface area contributed by atoms with Gasteiger partial charge in [-0.15, -0.1) is 0 Å². The third kappa shape index (κ3) is 3.07. The molecular weight excluding hydrogens is 276 g/mol. The lowest BCUT2D eigenvalue weighted by Gasteiger charge is -2.27. The van der Waals surface area contributed by atoms with E-state index in [-0.39, 0.29) is 0 Å². The lowest BCUT2D eigenvalue weighted by molar-refractivity contribution is 0.122. The summed E-state index contributed by atoms with van der Waals surface area (Å²) in [4.78, 5) is 11.0. The van der Waals surface area contributed by atoms with Crippen molar-refractivity contribution in [1.82, 2.24) is 9.97 Å². The van der Waals surface area contributed by atoms with Gasteiger partial charge < -0.3 is 9.64 Å². The van der Waals surface area contributed by atoms with E-state index in [1.807, 2.05) is 12.1 Å². The third-order valence-corrected chi connectivity index (χ3v) is 3.78. The summed E-state index contributed by atoms with van der Waals surface area (Å²) < 4.78 is 5.36. The number of hydrogen-bond acceptors (Lipinski definition) is 5. The monoisotopic (exact) mass is 294 g/mol. The van der Waals surface area contributed by atoms with Crippen LogP contribution in [0.5, 0.6) is 0 Å². The Labute approximate surface area is 130 Å². The van der Waals surface area contributed by atoms with Crippen molar-refractivity contribution in [2.24, 2.45) is 0 Å².